The van der Waals surface area contributed by atoms with Crippen molar-refractivity contribution in [2.75, 3.05) is 13.1 Å². The van der Waals surface area contributed by atoms with E-state index in [1.165, 1.54) is 31.4 Å². The molecule has 3 unspecified atom stereocenters. The minimum Gasteiger partial charge on any atom is -0.329 e. The lowest BCUT2D eigenvalue weighted by Crippen LogP contribution is -2.51. The van der Waals surface area contributed by atoms with Gasteiger partial charge in [-0.15, -0.1) is 0 Å². The van der Waals surface area contributed by atoms with Gasteiger partial charge in [0.2, 0.25) is 0 Å². The minimum atomic E-state index is 0.581. The van der Waals surface area contributed by atoms with Crippen molar-refractivity contribution in [2.24, 2.45) is 11.7 Å². The molecular weight excluding hydrogens is 232 g/mol. The molecule has 1 aliphatic heterocycles. The number of hydrogen-bond donors (Lipinski definition) is 1. The molecule has 1 aliphatic rings. The molecule has 0 spiro atoms. The Morgan fingerprint density at radius 2 is 2.05 bits per heavy atom. The average Bonchev–Trinajstić information content (AvgIpc) is 2.47. The van der Waals surface area contributed by atoms with Gasteiger partial charge in [0.1, 0.15) is 0 Å². The predicted octanol–water partition coefficient (Wildman–Crippen LogP) is 3.07. The van der Waals surface area contributed by atoms with Crippen LogP contribution >= 0.6 is 0 Å². The van der Waals surface area contributed by atoms with Crippen LogP contribution in [0.5, 0.6) is 0 Å². The highest BCUT2D eigenvalue weighted by Gasteiger charge is 2.29. The Morgan fingerprint density at radius 1 is 1.32 bits per heavy atom. The monoisotopic (exact) mass is 260 g/mol. The third-order valence-corrected chi connectivity index (χ3v) is 4.66. The molecule has 2 rings (SSSR count). The Kier molecular flexibility index (Phi) is 5.41. The summed E-state index contributed by atoms with van der Waals surface area (Å²) >= 11 is 0. The fourth-order valence-electron chi connectivity index (χ4n) is 3.41. The minimum absolute atomic E-state index is 0.581. The molecule has 0 aliphatic carbocycles. The van der Waals surface area contributed by atoms with E-state index in [0.717, 1.165) is 18.9 Å². The maximum Gasteiger partial charge on any atom is 0.0224 e. The lowest BCUT2D eigenvalue weighted by molar-refractivity contribution is 0.0775. The maximum atomic E-state index is 6.00. The molecule has 1 saturated heterocycles. The van der Waals surface area contributed by atoms with Crippen LogP contribution in [0.3, 0.4) is 0 Å². The second-order valence-corrected chi connectivity index (χ2v) is 5.96. The number of likely N-dealkylation sites (tertiary alicyclic amines) is 1. The molecular formula is C17H28N2. The molecule has 2 heteroatoms. The number of nitrogens with zero attached hydrogens (tertiary/aromatic N) is 1. The van der Waals surface area contributed by atoms with E-state index >= 15 is 0 Å². The number of rotatable bonds is 5. The second kappa shape index (κ2) is 7.06. The quantitative estimate of drug-likeness (QED) is 0.881. The molecule has 19 heavy (non-hydrogen) atoms. The highest BCUT2D eigenvalue weighted by molar-refractivity contribution is 5.15. The van der Waals surface area contributed by atoms with Crippen molar-refractivity contribution in [2.45, 2.75) is 51.6 Å². The Hall–Kier alpha value is -0.860. The van der Waals surface area contributed by atoms with Crippen molar-refractivity contribution < 1.29 is 0 Å². The summed E-state index contributed by atoms with van der Waals surface area (Å²) in [5, 5.41) is 0. The van der Waals surface area contributed by atoms with Gasteiger partial charge in [-0.05, 0) is 44.2 Å². The van der Waals surface area contributed by atoms with Gasteiger partial charge in [-0.1, -0.05) is 43.7 Å². The van der Waals surface area contributed by atoms with Crippen molar-refractivity contribution in [3.8, 4) is 0 Å². The van der Waals surface area contributed by atoms with E-state index in [0.29, 0.717) is 12.1 Å². The van der Waals surface area contributed by atoms with E-state index in [2.05, 4.69) is 49.1 Å². The highest BCUT2D eigenvalue weighted by atomic mass is 15.2. The highest BCUT2D eigenvalue weighted by Crippen LogP contribution is 2.27. The summed E-state index contributed by atoms with van der Waals surface area (Å²) < 4.78 is 0. The van der Waals surface area contributed by atoms with Crippen LogP contribution in [0.25, 0.3) is 0 Å². The summed E-state index contributed by atoms with van der Waals surface area (Å²) in [5.41, 5.74) is 7.43. The Balaban J connectivity index is 1.96. The molecule has 0 bridgehead atoms. The first-order valence-electron chi connectivity index (χ1n) is 7.74. The molecule has 1 fully saturated rings. The topological polar surface area (TPSA) is 29.3 Å². The molecule has 0 aromatic heterocycles. The zero-order valence-electron chi connectivity index (χ0n) is 12.4. The lowest BCUT2D eigenvalue weighted by atomic mass is 9.87. The Morgan fingerprint density at radius 3 is 2.68 bits per heavy atom. The summed E-state index contributed by atoms with van der Waals surface area (Å²) in [4.78, 5) is 2.64. The molecule has 0 radical (unpaired) electrons. The third kappa shape index (κ3) is 3.80. The molecule has 2 nitrogen and oxygen atoms in total. The van der Waals surface area contributed by atoms with Crippen molar-refractivity contribution >= 4 is 0 Å². The summed E-state index contributed by atoms with van der Waals surface area (Å²) in [6, 6.07) is 12.0. The third-order valence-electron chi connectivity index (χ3n) is 4.66. The number of hydrogen-bond acceptors (Lipinski definition) is 2. The number of nitrogens with two attached hydrogens (primary N) is 1. The standard InChI is InChI=1S/C17H28N2/c1-3-15-9-10-19(17(12-15)13-18)14(2)11-16-7-5-4-6-8-16/h4-8,14-15,17H,3,9-13,18H2,1-2H3. The van der Waals surface area contributed by atoms with Gasteiger partial charge < -0.3 is 5.73 Å². The van der Waals surface area contributed by atoms with Crippen molar-refractivity contribution in [3.05, 3.63) is 35.9 Å². The molecule has 1 heterocycles. The zero-order valence-corrected chi connectivity index (χ0v) is 12.4. The van der Waals surface area contributed by atoms with Crippen LogP contribution in [-0.2, 0) is 6.42 Å². The van der Waals surface area contributed by atoms with Crippen molar-refractivity contribution in [1.82, 2.24) is 4.90 Å². The predicted molar refractivity (Wildman–Crippen MR) is 82.2 cm³/mol. The Bertz CT molecular complexity index is 363. The van der Waals surface area contributed by atoms with Gasteiger partial charge in [-0.2, -0.15) is 0 Å². The first-order valence-corrected chi connectivity index (χ1v) is 7.74. The Labute approximate surface area is 118 Å². The molecule has 0 amide bonds. The van der Waals surface area contributed by atoms with E-state index in [-0.39, 0.29) is 0 Å². The van der Waals surface area contributed by atoms with Crippen LogP contribution < -0.4 is 5.73 Å². The lowest BCUT2D eigenvalue weighted by Gasteiger charge is -2.42. The van der Waals surface area contributed by atoms with E-state index < -0.39 is 0 Å². The van der Waals surface area contributed by atoms with Crippen LogP contribution in [-0.4, -0.2) is 30.1 Å². The summed E-state index contributed by atoms with van der Waals surface area (Å²) in [6.07, 6.45) is 5.06. The SMILES string of the molecule is CCC1CCN(C(C)Cc2ccccc2)C(CN)C1. The molecule has 3 atom stereocenters. The fraction of sp³-hybridized carbons (Fsp3) is 0.647. The molecule has 0 saturated carbocycles. The average molecular weight is 260 g/mol. The van der Waals surface area contributed by atoms with Gasteiger partial charge in [0, 0.05) is 18.6 Å². The van der Waals surface area contributed by atoms with Gasteiger partial charge in [-0.25, -0.2) is 0 Å². The first-order chi connectivity index (χ1) is 9.24. The summed E-state index contributed by atoms with van der Waals surface area (Å²) in [7, 11) is 0. The smallest absolute Gasteiger partial charge is 0.0224 e. The first kappa shape index (κ1) is 14.5. The van der Waals surface area contributed by atoms with E-state index in [1.54, 1.807) is 0 Å². The number of benzene rings is 1. The maximum absolute atomic E-state index is 6.00. The van der Waals surface area contributed by atoms with Gasteiger partial charge >= 0.3 is 0 Å². The van der Waals surface area contributed by atoms with Gasteiger partial charge in [0.05, 0.1) is 0 Å². The molecule has 106 valence electrons. The summed E-state index contributed by atoms with van der Waals surface area (Å²) in [6.45, 7) is 6.67. The molecule has 1 aromatic carbocycles. The van der Waals surface area contributed by atoms with Crippen LogP contribution in [0.15, 0.2) is 30.3 Å². The molecule has 2 N–H and O–H groups in total. The van der Waals surface area contributed by atoms with Crippen LogP contribution in [0.2, 0.25) is 0 Å². The fourth-order valence-corrected chi connectivity index (χ4v) is 3.41. The van der Waals surface area contributed by atoms with Gasteiger partial charge in [0.25, 0.3) is 0 Å². The van der Waals surface area contributed by atoms with Gasteiger partial charge in [0.15, 0.2) is 0 Å². The van der Waals surface area contributed by atoms with Crippen molar-refractivity contribution in [1.29, 1.82) is 0 Å². The van der Waals surface area contributed by atoms with Crippen molar-refractivity contribution in [3.63, 3.8) is 0 Å². The zero-order chi connectivity index (χ0) is 13.7. The van der Waals surface area contributed by atoms with Crippen LogP contribution in [0.4, 0.5) is 0 Å². The largest absolute Gasteiger partial charge is 0.329 e. The summed E-state index contributed by atoms with van der Waals surface area (Å²) in [5.74, 6) is 0.883. The van der Waals surface area contributed by atoms with Crippen LogP contribution in [0, 0.1) is 5.92 Å². The van der Waals surface area contributed by atoms with Gasteiger partial charge in [-0.3, -0.25) is 4.90 Å². The van der Waals surface area contributed by atoms with Crippen LogP contribution in [0.1, 0.15) is 38.7 Å². The normalized spacial score (nSPS) is 26.3. The van der Waals surface area contributed by atoms with E-state index in [1.807, 2.05) is 0 Å². The van der Waals surface area contributed by atoms with E-state index in [4.69, 9.17) is 5.73 Å². The van der Waals surface area contributed by atoms with E-state index in [9.17, 15) is 0 Å². The molecule has 1 aromatic rings. The number of piperidine rings is 1. The second-order valence-electron chi connectivity index (χ2n) is 5.96.